The highest BCUT2D eigenvalue weighted by Crippen LogP contribution is 2.10. The highest BCUT2D eigenvalue weighted by molar-refractivity contribution is 5.09. The van der Waals surface area contributed by atoms with Gasteiger partial charge in [0.2, 0.25) is 0 Å². The third-order valence-electron chi connectivity index (χ3n) is 1.50. The second-order valence-electron chi connectivity index (χ2n) is 2.39. The number of nitrogens with one attached hydrogen (secondary N) is 1. The maximum absolute atomic E-state index is 9.05. The molecule has 1 aromatic rings. The SMILES string of the molecule is C[C@H](O)[C@H](N)c1ccc[nH]1. The molecule has 0 radical (unpaired) electrons. The number of nitrogens with two attached hydrogens (primary N) is 1. The minimum atomic E-state index is -0.501. The van der Waals surface area contributed by atoms with E-state index in [-0.39, 0.29) is 6.04 Å². The van der Waals surface area contributed by atoms with Crippen LogP contribution in [0.15, 0.2) is 18.3 Å². The van der Waals surface area contributed by atoms with Crippen LogP contribution in [0.25, 0.3) is 0 Å². The van der Waals surface area contributed by atoms with Crippen molar-refractivity contribution in [3.05, 3.63) is 24.0 Å². The van der Waals surface area contributed by atoms with Crippen LogP contribution in [0.5, 0.6) is 0 Å². The Morgan fingerprint density at radius 1 is 1.70 bits per heavy atom. The van der Waals surface area contributed by atoms with Crippen molar-refractivity contribution in [2.75, 3.05) is 0 Å². The van der Waals surface area contributed by atoms with Crippen LogP contribution in [-0.4, -0.2) is 16.2 Å². The number of rotatable bonds is 2. The third kappa shape index (κ3) is 1.37. The first-order valence-corrected chi connectivity index (χ1v) is 3.28. The molecule has 3 heteroatoms. The molecule has 2 atom stereocenters. The Morgan fingerprint density at radius 2 is 2.40 bits per heavy atom. The van der Waals surface area contributed by atoms with Gasteiger partial charge >= 0.3 is 0 Å². The third-order valence-corrected chi connectivity index (χ3v) is 1.50. The zero-order valence-electron chi connectivity index (χ0n) is 5.91. The highest BCUT2D eigenvalue weighted by atomic mass is 16.3. The zero-order valence-corrected chi connectivity index (χ0v) is 5.91. The largest absolute Gasteiger partial charge is 0.391 e. The fraction of sp³-hybridized carbons (Fsp3) is 0.429. The van der Waals surface area contributed by atoms with E-state index < -0.39 is 6.10 Å². The smallest absolute Gasteiger partial charge is 0.0719 e. The summed E-state index contributed by atoms with van der Waals surface area (Å²) in [6.45, 7) is 1.67. The Bertz CT molecular complexity index is 181. The van der Waals surface area contributed by atoms with Crippen LogP contribution in [0.1, 0.15) is 18.7 Å². The van der Waals surface area contributed by atoms with Crippen LogP contribution in [0.4, 0.5) is 0 Å². The molecule has 4 N–H and O–H groups in total. The Hall–Kier alpha value is -0.800. The highest BCUT2D eigenvalue weighted by Gasteiger charge is 2.11. The van der Waals surface area contributed by atoms with Crippen molar-refractivity contribution in [1.82, 2.24) is 4.98 Å². The molecule has 0 spiro atoms. The fourth-order valence-electron chi connectivity index (χ4n) is 0.811. The van der Waals surface area contributed by atoms with Crippen molar-refractivity contribution in [2.45, 2.75) is 19.1 Å². The lowest BCUT2D eigenvalue weighted by Gasteiger charge is -2.11. The van der Waals surface area contributed by atoms with Gasteiger partial charge in [0.1, 0.15) is 0 Å². The second kappa shape index (κ2) is 2.86. The maximum Gasteiger partial charge on any atom is 0.0719 e. The number of aromatic nitrogens is 1. The van der Waals surface area contributed by atoms with E-state index in [4.69, 9.17) is 10.8 Å². The van der Waals surface area contributed by atoms with Gasteiger partial charge in [-0.05, 0) is 19.1 Å². The van der Waals surface area contributed by atoms with Gasteiger partial charge in [-0.1, -0.05) is 0 Å². The maximum atomic E-state index is 9.05. The molecule has 0 unspecified atom stereocenters. The van der Waals surface area contributed by atoms with Crippen molar-refractivity contribution in [2.24, 2.45) is 5.73 Å². The number of aromatic amines is 1. The van der Waals surface area contributed by atoms with E-state index in [1.807, 2.05) is 12.1 Å². The number of hydrogen-bond donors (Lipinski definition) is 3. The number of aliphatic hydroxyl groups excluding tert-OH is 1. The summed E-state index contributed by atoms with van der Waals surface area (Å²) >= 11 is 0. The lowest BCUT2D eigenvalue weighted by Crippen LogP contribution is -2.23. The van der Waals surface area contributed by atoms with Gasteiger partial charge in [0.15, 0.2) is 0 Å². The summed E-state index contributed by atoms with van der Waals surface area (Å²) in [6.07, 6.45) is 1.29. The van der Waals surface area contributed by atoms with Gasteiger partial charge in [0.25, 0.3) is 0 Å². The van der Waals surface area contributed by atoms with E-state index in [2.05, 4.69) is 4.98 Å². The average Bonchev–Trinajstić information content (AvgIpc) is 2.36. The summed E-state index contributed by atoms with van der Waals surface area (Å²) in [6, 6.07) is 3.42. The summed E-state index contributed by atoms with van der Waals surface area (Å²) in [7, 11) is 0. The first kappa shape index (κ1) is 7.31. The van der Waals surface area contributed by atoms with Crippen LogP contribution >= 0.6 is 0 Å². The van der Waals surface area contributed by atoms with E-state index in [9.17, 15) is 0 Å². The van der Waals surface area contributed by atoms with Crippen LogP contribution in [0.2, 0.25) is 0 Å². The van der Waals surface area contributed by atoms with E-state index in [1.54, 1.807) is 13.1 Å². The Balaban J connectivity index is 2.68. The van der Waals surface area contributed by atoms with Crippen molar-refractivity contribution >= 4 is 0 Å². The molecule has 1 heterocycles. The molecule has 1 aromatic heterocycles. The van der Waals surface area contributed by atoms with Gasteiger partial charge in [0, 0.05) is 11.9 Å². The number of aliphatic hydroxyl groups is 1. The molecule has 0 aromatic carbocycles. The van der Waals surface area contributed by atoms with E-state index in [0.717, 1.165) is 5.69 Å². The minimum absolute atomic E-state index is 0.296. The molecule has 0 bridgehead atoms. The summed E-state index contributed by atoms with van der Waals surface area (Å²) in [5, 5.41) is 9.05. The van der Waals surface area contributed by atoms with Gasteiger partial charge in [-0.25, -0.2) is 0 Å². The molecule has 10 heavy (non-hydrogen) atoms. The normalized spacial score (nSPS) is 16.7. The standard InChI is InChI=1S/C7H12N2O/c1-5(10)7(8)6-3-2-4-9-6/h2-5,7,9-10H,8H2,1H3/t5-,7-/m0/s1. The zero-order chi connectivity index (χ0) is 7.56. The lowest BCUT2D eigenvalue weighted by molar-refractivity contribution is 0.163. The molecule has 3 nitrogen and oxygen atoms in total. The molecule has 0 aliphatic heterocycles. The number of H-pyrrole nitrogens is 1. The van der Waals surface area contributed by atoms with Crippen molar-refractivity contribution in [1.29, 1.82) is 0 Å². The molecule has 1 rings (SSSR count). The summed E-state index contributed by atoms with van der Waals surface area (Å²) in [5.41, 5.74) is 6.47. The van der Waals surface area contributed by atoms with Gasteiger partial charge in [-0.3, -0.25) is 0 Å². The van der Waals surface area contributed by atoms with Crippen molar-refractivity contribution in [3.8, 4) is 0 Å². The molecule has 56 valence electrons. The molecule has 0 aliphatic rings. The summed E-state index contributed by atoms with van der Waals surface area (Å²) in [5.74, 6) is 0. The van der Waals surface area contributed by atoms with E-state index in [0.29, 0.717) is 0 Å². The Labute approximate surface area is 59.9 Å². The number of hydrogen-bond acceptors (Lipinski definition) is 2. The monoisotopic (exact) mass is 140 g/mol. The first-order chi connectivity index (χ1) is 4.72. The molecular formula is C7H12N2O. The quantitative estimate of drug-likeness (QED) is 0.556. The van der Waals surface area contributed by atoms with E-state index >= 15 is 0 Å². The van der Waals surface area contributed by atoms with Crippen LogP contribution in [-0.2, 0) is 0 Å². The van der Waals surface area contributed by atoms with Gasteiger partial charge < -0.3 is 15.8 Å². The topological polar surface area (TPSA) is 62.0 Å². The summed E-state index contributed by atoms with van der Waals surface area (Å²) < 4.78 is 0. The van der Waals surface area contributed by atoms with Gasteiger partial charge in [-0.2, -0.15) is 0 Å². The Morgan fingerprint density at radius 3 is 2.80 bits per heavy atom. The lowest BCUT2D eigenvalue weighted by atomic mass is 10.1. The van der Waals surface area contributed by atoms with Crippen LogP contribution < -0.4 is 5.73 Å². The van der Waals surface area contributed by atoms with Crippen LogP contribution in [0.3, 0.4) is 0 Å². The van der Waals surface area contributed by atoms with Crippen LogP contribution in [0, 0.1) is 0 Å². The molecular weight excluding hydrogens is 128 g/mol. The fourth-order valence-corrected chi connectivity index (χ4v) is 0.811. The predicted molar refractivity (Wildman–Crippen MR) is 39.4 cm³/mol. The van der Waals surface area contributed by atoms with Gasteiger partial charge in [-0.15, -0.1) is 0 Å². The molecule has 0 saturated carbocycles. The average molecular weight is 140 g/mol. The Kier molecular flexibility index (Phi) is 2.09. The molecule has 0 fully saturated rings. The van der Waals surface area contributed by atoms with Crippen molar-refractivity contribution in [3.63, 3.8) is 0 Å². The minimum Gasteiger partial charge on any atom is -0.391 e. The van der Waals surface area contributed by atoms with Gasteiger partial charge in [0.05, 0.1) is 12.1 Å². The second-order valence-corrected chi connectivity index (χ2v) is 2.39. The molecule has 0 aliphatic carbocycles. The molecule has 0 amide bonds. The van der Waals surface area contributed by atoms with E-state index in [1.165, 1.54) is 0 Å². The summed E-state index contributed by atoms with van der Waals surface area (Å²) in [4.78, 5) is 2.93. The molecule has 0 saturated heterocycles. The predicted octanol–water partition coefficient (Wildman–Crippen LogP) is 0.395. The van der Waals surface area contributed by atoms with Crippen molar-refractivity contribution < 1.29 is 5.11 Å². The first-order valence-electron chi connectivity index (χ1n) is 3.28.